The Morgan fingerprint density at radius 2 is 2.06 bits per heavy atom. The van der Waals surface area contributed by atoms with Gasteiger partial charge in [0.15, 0.2) is 0 Å². The summed E-state index contributed by atoms with van der Waals surface area (Å²) in [6.07, 6.45) is 8.92. The molecule has 2 rings (SSSR count). The van der Waals surface area contributed by atoms with Crippen molar-refractivity contribution in [2.24, 2.45) is 17.8 Å². The van der Waals surface area contributed by atoms with Crippen LogP contribution in [-0.2, 0) is 4.74 Å². The maximum Gasteiger partial charge on any atom is 0.0518 e. The van der Waals surface area contributed by atoms with Gasteiger partial charge in [-0.05, 0) is 76.8 Å². The number of nitrogens with one attached hydrogen (secondary N) is 1. The van der Waals surface area contributed by atoms with Crippen molar-refractivity contribution in [2.75, 3.05) is 19.7 Å². The van der Waals surface area contributed by atoms with Crippen molar-refractivity contribution in [2.45, 2.75) is 58.5 Å². The van der Waals surface area contributed by atoms with Gasteiger partial charge >= 0.3 is 0 Å². The number of fused-ring (bicyclic) bond motifs is 2. The van der Waals surface area contributed by atoms with Crippen LogP contribution in [0.25, 0.3) is 0 Å². The third-order valence-corrected chi connectivity index (χ3v) is 4.49. The molecule has 0 aromatic carbocycles. The summed E-state index contributed by atoms with van der Waals surface area (Å²) in [6.45, 7) is 7.58. The van der Waals surface area contributed by atoms with Gasteiger partial charge in [-0.3, -0.25) is 0 Å². The first-order chi connectivity index (χ1) is 8.25. The fourth-order valence-electron chi connectivity index (χ4n) is 3.59. The molecular weight excluding hydrogens is 210 g/mol. The van der Waals surface area contributed by atoms with Crippen molar-refractivity contribution in [1.82, 2.24) is 5.32 Å². The van der Waals surface area contributed by atoms with E-state index in [9.17, 15) is 0 Å². The molecule has 0 radical (unpaired) electrons. The molecule has 2 aliphatic rings. The molecule has 1 N–H and O–H groups in total. The lowest BCUT2D eigenvalue weighted by Crippen LogP contribution is -2.27. The van der Waals surface area contributed by atoms with Gasteiger partial charge < -0.3 is 10.1 Å². The third-order valence-electron chi connectivity index (χ3n) is 4.49. The van der Waals surface area contributed by atoms with Crippen LogP contribution < -0.4 is 5.32 Å². The van der Waals surface area contributed by atoms with Crippen LogP contribution in [0.15, 0.2) is 0 Å². The Morgan fingerprint density at radius 3 is 2.71 bits per heavy atom. The molecule has 2 heteroatoms. The van der Waals surface area contributed by atoms with Gasteiger partial charge in [0, 0.05) is 6.61 Å². The van der Waals surface area contributed by atoms with Crippen LogP contribution in [0, 0.1) is 17.8 Å². The SMILES string of the molecule is CC(C)OCCCCNCC1CC2CCC1C2. The second-order valence-corrected chi connectivity index (χ2v) is 6.27. The second kappa shape index (κ2) is 6.75. The van der Waals surface area contributed by atoms with Crippen LogP contribution in [0.1, 0.15) is 52.4 Å². The predicted octanol–water partition coefficient (Wildman–Crippen LogP) is 3.22. The number of unbranched alkanes of at least 4 members (excludes halogenated alkanes) is 1. The maximum atomic E-state index is 5.53. The van der Waals surface area contributed by atoms with Gasteiger partial charge in [-0.25, -0.2) is 0 Å². The van der Waals surface area contributed by atoms with E-state index in [1.807, 2.05) is 0 Å². The Bertz CT molecular complexity index is 217. The van der Waals surface area contributed by atoms with Crippen molar-refractivity contribution in [1.29, 1.82) is 0 Å². The number of rotatable bonds is 8. The molecule has 2 nitrogen and oxygen atoms in total. The Kier molecular flexibility index (Phi) is 5.30. The van der Waals surface area contributed by atoms with E-state index < -0.39 is 0 Å². The summed E-state index contributed by atoms with van der Waals surface area (Å²) in [5.41, 5.74) is 0. The highest BCUT2D eigenvalue weighted by molar-refractivity contribution is 4.90. The number of hydrogen-bond donors (Lipinski definition) is 1. The lowest BCUT2D eigenvalue weighted by atomic mass is 9.89. The molecule has 2 saturated carbocycles. The minimum atomic E-state index is 0.386. The zero-order valence-electron chi connectivity index (χ0n) is 11.6. The quantitative estimate of drug-likeness (QED) is 0.657. The van der Waals surface area contributed by atoms with Crippen molar-refractivity contribution in [3.8, 4) is 0 Å². The van der Waals surface area contributed by atoms with Gasteiger partial charge in [0.05, 0.1) is 6.10 Å². The fourth-order valence-corrected chi connectivity index (χ4v) is 3.59. The first kappa shape index (κ1) is 13.4. The standard InChI is InChI=1S/C15H29NO/c1-12(2)17-8-4-3-7-16-11-15-10-13-5-6-14(15)9-13/h12-16H,3-11H2,1-2H3. The van der Waals surface area contributed by atoms with Gasteiger partial charge in [-0.2, -0.15) is 0 Å². The first-order valence-electron chi connectivity index (χ1n) is 7.58. The van der Waals surface area contributed by atoms with Crippen molar-refractivity contribution in [3.05, 3.63) is 0 Å². The smallest absolute Gasteiger partial charge is 0.0518 e. The molecule has 17 heavy (non-hydrogen) atoms. The summed E-state index contributed by atoms with van der Waals surface area (Å²) in [7, 11) is 0. The Balaban J connectivity index is 1.42. The summed E-state index contributed by atoms with van der Waals surface area (Å²) >= 11 is 0. The highest BCUT2D eigenvalue weighted by atomic mass is 16.5. The average molecular weight is 239 g/mol. The molecule has 0 aromatic heterocycles. The first-order valence-corrected chi connectivity index (χ1v) is 7.58. The number of hydrogen-bond acceptors (Lipinski definition) is 2. The van der Waals surface area contributed by atoms with Gasteiger partial charge in [-0.15, -0.1) is 0 Å². The summed E-state index contributed by atoms with van der Waals surface area (Å²) in [4.78, 5) is 0. The summed E-state index contributed by atoms with van der Waals surface area (Å²) < 4.78 is 5.53. The lowest BCUT2D eigenvalue weighted by Gasteiger charge is -2.21. The Morgan fingerprint density at radius 1 is 1.18 bits per heavy atom. The van der Waals surface area contributed by atoms with E-state index in [2.05, 4.69) is 19.2 Å². The predicted molar refractivity (Wildman–Crippen MR) is 72.1 cm³/mol. The highest BCUT2D eigenvalue weighted by Crippen LogP contribution is 2.47. The molecule has 3 unspecified atom stereocenters. The molecule has 0 amide bonds. The molecule has 0 aromatic rings. The van der Waals surface area contributed by atoms with Crippen molar-refractivity contribution in [3.63, 3.8) is 0 Å². The van der Waals surface area contributed by atoms with E-state index in [1.165, 1.54) is 51.6 Å². The number of ether oxygens (including phenoxy) is 1. The molecule has 0 saturated heterocycles. The summed E-state index contributed by atoms with van der Waals surface area (Å²) in [6, 6.07) is 0. The van der Waals surface area contributed by atoms with Crippen LogP contribution in [0.5, 0.6) is 0 Å². The molecule has 3 atom stereocenters. The zero-order chi connectivity index (χ0) is 12.1. The van der Waals surface area contributed by atoms with E-state index in [-0.39, 0.29) is 0 Å². The van der Waals surface area contributed by atoms with Crippen LogP contribution >= 0.6 is 0 Å². The molecule has 0 aliphatic heterocycles. The van der Waals surface area contributed by atoms with E-state index in [4.69, 9.17) is 4.74 Å². The monoisotopic (exact) mass is 239 g/mol. The van der Waals surface area contributed by atoms with Crippen LogP contribution in [0.2, 0.25) is 0 Å². The molecule has 2 fully saturated rings. The molecule has 0 heterocycles. The van der Waals surface area contributed by atoms with Crippen molar-refractivity contribution < 1.29 is 4.74 Å². The van der Waals surface area contributed by atoms with Gasteiger partial charge in [0.25, 0.3) is 0 Å². The van der Waals surface area contributed by atoms with E-state index in [0.29, 0.717) is 6.10 Å². The van der Waals surface area contributed by atoms with Crippen molar-refractivity contribution >= 4 is 0 Å². The molecule has 2 aliphatic carbocycles. The maximum absolute atomic E-state index is 5.53. The Hall–Kier alpha value is -0.0800. The fraction of sp³-hybridized carbons (Fsp3) is 1.00. The molecule has 100 valence electrons. The lowest BCUT2D eigenvalue weighted by molar-refractivity contribution is 0.0760. The van der Waals surface area contributed by atoms with Crippen LogP contribution in [0.4, 0.5) is 0 Å². The molecular formula is C15H29NO. The molecule has 2 bridgehead atoms. The topological polar surface area (TPSA) is 21.3 Å². The normalized spacial score (nSPS) is 31.6. The largest absolute Gasteiger partial charge is 0.379 e. The van der Waals surface area contributed by atoms with Crippen LogP contribution in [-0.4, -0.2) is 25.8 Å². The third kappa shape index (κ3) is 4.26. The molecule has 0 spiro atoms. The highest BCUT2D eigenvalue weighted by Gasteiger charge is 2.38. The second-order valence-electron chi connectivity index (χ2n) is 6.27. The zero-order valence-corrected chi connectivity index (χ0v) is 11.6. The van der Waals surface area contributed by atoms with Gasteiger partial charge in [0.2, 0.25) is 0 Å². The van der Waals surface area contributed by atoms with Gasteiger partial charge in [0.1, 0.15) is 0 Å². The Labute approximate surface area is 107 Å². The summed E-state index contributed by atoms with van der Waals surface area (Å²) in [5, 5.41) is 3.64. The van der Waals surface area contributed by atoms with E-state index >= 15 is 0 Å². The minimum absolute atomic E-state index is 0.386. The summed E-state index contributed by atoms with van der Waals surface area (Å²) in [5.74, 6) is 3.16. The van der Waals surface area contributed by atoms with E-state index in [0.717, 1.165) is 24.4 Å². The van der Waals surface area contributed by atoms with Crippen LogP contribution in [0.3, 0.4) is 0 Å². The average Bonchev–Trinajstić information content (AvgIpc) is 2.89. The van der Waals surface area contributed by atoms with E-state index in [1.54, 1.807) is 0 Å². The van der Waals surface area contributed by atoms with Gasteiger partial charge in [-0.1, -0.05) is 6.42 Å². The minimum Gasteiger partial charge on any atom is -0.379 e.